The van der Waals surface area contributed by atoms with E-state index >= 15 is 0 Å². The summed E-state index contributed by atoms with van der Waals surface area (Å²) in [6, 6.07) is 2.35. The summed E-state index contributed by atoms with van der Waals surface area (Å²) in [6.07, 6.45) is 3.88. The fraction of sp³-hybridized carbons (Fsp3) is 0.636. The Kier molecular flexibility index (Phi) is 2.34. The van der Waals surface area contributed by atoms with Crippen LogP contribution in [0.1, 0.15) is 23.3 Å². The van der Waals surface area contributed by atoms with Crippen molar-refractivity contribution in [1.29, 1.82) is 0 Å². The van der Waals surface area contributed by atoms with Crippen LogP contribution >= 0.6 is 23.1 Å². The van der Waals surface area contributed by atoms with Gasteiger partial charge in [-0.1, -0.05) is 0 Å². The van der Waals surface area contributed by atoms with E-state index in [0.29, 0.717) is 5.54 Å². The van der Waals surface area contributed by atoms with Gasteiger partial charge in [0.1, 0.15) is 0 Å². The zero-order valence-electron chi connectivity index (χ0n) is 8.21. The lowest BCUT2D eigenvalue weighted by Gasteiger charge is -2.41. The van der Waals surface area contributed by atoms with Crippen LogP contribution in [0, 0.1) is 0 Å². The minimum Gasteiger partial charge on any atom is -0.307 e. The second kappa shape index (κ2) is 3.54. The van der Waals surface area contributed by atoms with Crippen molar-refractivity contribution < 1.29 is 0 Å². The van der Waals surface area contributed by atoms with Gasteiger partial charge in [-0.2, -0.15) is 11.8 Å². The van der Waals surface area contributed by atoms with E-state index < -0.39 is 0 Å². The third kappa shape index (κ3) is 1.34. The lowest BCUT2D eigenvalue weighted by molar-refractivity contribution is 0.294. The molecule has 2 aliphatic rings. The van der Waals surface area contributed by atoms with Crippen LogP contribution in [0.3, 0.4) is 0 Å². The molecule has 1 spiro atoms. The summed E-state index contributed by atoms with van der Waals surface area (Å²) in [7, 11) is 0. The number of thioether (sulfide) groups is 1. The molecule has 1 aromatic rings. The lowest BCUT2D eigenvalue weighted by Crippen LogP contribution is -2.48. The second-order valence-electron chi connectivity index (χ2n) is 4.13. The summed E-state index contributed by atoms with van der Waals surface area (Å²) in [5, 5.41) is 6.04. The Bertz CT molecular complexity index is 326. The zero-order valence-corrected chi connectivity index (χ0v) is 9.85. The quantitative estimate of drug-likeness (QED) is 0.728. The summed E-state index contributed by atoms with van der Waals surface area (Å²) in [6.45, 7) is 1.18. The number of rotatable bonds is 0. The molecule has 0 aromatic carbocycles. The first-order valence-electron chi connectivity index (χ1n) is 5.30. The van der Waals surface area contributed by atoms with E-state index in [1.54, 1.807) is 10.4 Å². The van der Waals surface area contributed by atoms with Crippen LogP contribution in [0.15, 0.2) is 11.4 Å². The second-order valence-corrected chi connectivity index (χ2v) is 6.35. The summed E-state index contributed by atoms with van der Waals surface area (Å²) in [4.78, 5) is 1.63. The lowest BCUT2D eigenvalue weighted by atomic mass is 9.82. The molecule has 76 valence electrons. The van der Waals surface area contributed by atoms with Crippen LogP contribution in [0.5, 0.6) is 0 Å². The maximum Gasteiger partial charge on any atom is 0.0461 e. The van der Waals surface area contributed by atoms with E-state index in [-0.39, 0.29) is 0 Å². The highest BCUT2D eigenvalue weighted by Crippen LogP contribution is 2.41. The van der Waals surface area contributed by atoms with Gasteiger partial charge in [-0.25, -0.2) is 0 Å². The zero-order chi connectivity index (χ0) is 9.43. The molecular formula is C11H15NS2. The van der Waals surface area contributed by atoms with E-state index in [1.807, 2.05) is 11.3 Å². The van der Waals surface area contributed by atoms with Gasteiger partial charge in [0.25, 0.3) is 0 Å². The molecule has 2 aliphatic heterocycles. The topological polar surface area (TPSA) is 12.0 Å². The van der Waals surface area contributed by atoms with Gasteiger partial charge in [0.05, 0.1) is 0 Å². The first-order valence-corrected chi connectivity index (χ1v) is 7.34. The van der Waals surface area contributed by atoms with Gasteiger partial charge in [0.15, 0.2) is 0 Å². The van der Waals surface area contributed by atoms with E-state index in [9.17, 15) is 0 Å². The fourth-order valence-corrected chi connectivity index (χ4v) is 4.81. The average molecular weight is 225 g/mol. The van der Waals surface area contributed by atoms with Crippen molar-refractivity contribution in [2.75, 3.05) is 18.1 Å². The Balaban J connectivity index is 2.01. The molecule has 0 amide bonds. The first-order chi connectivity index (χ1) is 6.91. The van der Waals surface area contributed by atoms with Crippen LogP contribution in [-0.2, 0) is 12.0 Å². The summed E-state index contributed by atoms with van der Waals surface area (Å²) < 4.78 is 0. The van der Waals surface area contributed by atoms with Gasteiger partial charge in [-0.15, -0.1) is 11.3 Å². The molecule has 0 saturated carbocycles. The van der Waals surface area contributed by atoms with Crippen molar-refractivity contribution in [3.8, 4) is 0 Å². The molecule has 0 unspecified atom stereocenters. The van der Waals surface area contributed by atoms with E-state index in [2.05, 4.69) is 28.5 Å². The first kappa shape index (κ1) is 9.25. The Hall–Kier alpha value is 0.01000. The maximum absolute atomic E-state index is 3.77. The minimum absolute atomic E-state index is 0.360. The van der Waals surface area contributed by atoms with Gasteiger partial charge in [0.2, 0.25) is 0 Å². The predicted octanol–water partition coefficient (Wildman–Crippen LogP) is 2.62. The minimum atomic E-state index is 0.360. The van der Waals surface area contributed by atoms with Gasteiger partial charge in [0, 0.05) is 17.0 Å². The van der Waals surface area contributed by atoms with Crippen molar-refractivity contribution in [3.63, 3.8) is 0 Å². The summed E-state index contributed by atoms with van der Waals surface area (Å²) in [5.41, 5.74) is 1.98. The number of thiophene rings is 1. The Morgan fingerprint density at radius 3 is 3.00 bits per heavy atom. The highest BCUT2D eigenvalue weighted by molar-refractivity contribution is 7.99. The van der Waals surface area contributed by atoms with Crippen LogP contribution in [0.4, 0.5) is 0 Å². The molecule has 1 saturated heterocycles. The monoisotopic (exact) mass is 225 g/mol. The van der Waals surface area contributed by atoms with Crippen molar-refractivity contribution in [2.45, 2.75) is 24.8 Å². The normalized spacial score (nSPS) is 24.9. The highest BCUT2D eigenvalue weighted by atomic mass is 32.2. The number of nitrogens with one attached hydrogen (secondary N) is 1. The van der Waals surface area contributed by atoms with Gasteiger partial charge in [-0.3, -0.25) is 0 Å². The maximum atomic E-state index is 3.77. The fourth-order valence-electron chi connectivity index (χ4n) is 2.64. The van der Waals surface area contributed by atoms with Crippen molar-refractivity contribution in [3.05, 3.63) is 21.9 Å². The van der Waals surface area contributed by atoms with Gasteiger partial charge >= 0.3 is 0 Å². The smallest absolute Gasteiger partial charge is 0.0461 e. The molecule has 1 aromatic heterocycles. The molecule has 0 aliphatic carbocycles. The van der Waals surface area contributed by atoms with E-state index in [4.69, 9.17) is 0 Å². The molecule has 3 rings (SSSR count). The van der Waals surface area contributed by atoms with E-state index in [0.717, 1.165) is 0 Å². The van der Waals surface area contributed by atoms with Crippen LogP contribution in [0.2, 0.25) is 0 Å². The Morgan fingerprint density at radius 1 is 1.29 bits per heavy atom. The third-order valence-corrected chi connectivity index (χ3v) is 5.39. The van der Waals surface area contributed by atoms with Crippen LogP contribution in [-0.4, -0.2) is 18.1 Å². The average Bonchev–Trinajstić information content (AvgIpc) is 2.69. The van der Waals surface area contributed by atoms with E-state index in [1.165, 1.54) is 37.3 Å². The summed E-state index contributed by atoms with van der Waals surface area (Å²) >= 11 is 4.05. The number of hydrogen-bond acceptors (Lipinski definition) is 3. The standard InChI is InChI=1S/C11H15NS2/c1-5-12-11(3-7-13-8-4-11)9-2-6-14-10(1)9/h2,6,12H,1,3-5,7-8H2. The predicted molar refractivity (Wildman–Crippen MR) is 64.3 cm³/mol. The van der Waals surface area contributed by atoms with Gasteiger partial charge in [-0.05, 0) is 47.8 Å². The Morgan fingerprint density at radius 2 is 2.14 bits per heavy atom. The number of fused-ring (bicyclic) bond motifs is 2. The molecule has 3 heterocycles. The molecule has 0 radical (unpaired) electrons. The van der Waals surface area contributed by atoms with Crippen molar-refractivity contribution in [2.24, 2.45) is 0 Å². The van der Waals surface area contributed by atoms with Crippen molar-refractivity contribution in [1.82, 2.24) is 5.32 Å². The molecule has 3 heteroatoms. The molecule has 14 heavy (non-hydrogen) atoms. The Labute approximate surface area is 93.3 Å². The third-order valence-electron chi connectivity index (χ3n) is 3.42. The summed E-state index contributed by atoms with van der Waals surface area (Å²) in [5.74, 6) is 2.64. The van der Waals surface area contributed by atoms with Crippen molar-refractivity contribution >= 4 is 23.1 Å². The van der Waals surface area contributed by atoms with Crippen LogP contribution in [0.25, 0.3) is 0 Å². The largest absolute Gasteiger partial charge is 0.307 e. The molecular weight excluding hydrogens is 210 g/mol. The van der Waals surface area contributed by atoms with Crippen LogP contribution < -0.4 is 5.32 Å². The molecule has 0 bridgehead atoms. The number of hydrogen-bond donors (Lipinski definition) is 1. The molecule has 0 atom stereocenters. The molecule has 1 nitrogen and oxygen atoms in total. The highest BCUT2D eigenvalue weighted by Gasteiger charge is 2.37. The SMILES string of the molecule is c1cc2c(s1)CCNC21CCSCC1. The van der Waals surface area contributed by atoms with Gasteiger partial charge < -0.3 is 5.32 Å². The molecule has 1 fully saturated rings. The molecule has 1 N–H and O–H groups in total.